The molecule has 16 heavy (non-hydrogen) atoms. The largest absolute Gasteiger partial charge is 0.0616 e. The lowest BCUT2D eigenvalue weighted by molar-refractivity contribution is 0.694. The predicted octanol–water partition coefficient (Wildman–Crippen LogP) is 4.60. The van der Waals surface area contributed by atoms with E-state index in [1.54, 1.807) is 0 Å². The van der Waals surface area contributed by atoms with Crippen LogP contribution in [-0.4, -0.2) is 0 Å². The minimum Gasteiger partial charge on any atom is -0.0616 e. The first-order chi connectivity index (χ1) is 7.93. The van der Waals surface area contributed by atoms with Crippen LogP contribution in [0.2, 0.25) is 0 Å². The molecule has 0 aliphatic heterocycles. The molecule has 0 heteroatoms. The van der Waals surface area contributed by atoms with Crippen molar-refractivity contribution in [3.63, 3.8) is 0 Å². The lowest BCUT2D eigenvalue weighted by Gasteiger charge is -2.17. The van der Waals surface area contributed by atoms with Crippen LogP contribution >= 0.6 is 0 Å². The van der Waals surface area contributed by atoms with E-state index in [1.807, 2.05) is 0 Å². The van der Waals surface area contributed by atoms with E-state index < -0.39 is 0 Å². The van der Waals surface area contributed by atoms with Gasteiger partial charge in [0.15, 0.2) is 0 Å². The lowest BCUT2D eigenvalue weighted by atomic mass is 9.89. The van der Waals surface area contributed by atoms with Gasteiger partial charge in [-0.2, -0.15) is 0 Å². The van der Waals surface area contributed by atoms with Crippen molar-refractivity contribution >= 4 is 12.2 Å². The molecule has 0 aromatic heterocycles. The third-order valence-electron chi connectivity index (χ3n) is 3.48. The first-order valence-electron chi connectivity index (χ1n) is 6.11. The molecule has 0 unspecified atom stereocenters. The van der Waals surface area contributed by atoms with Gasteiger partial charge in [0.05, 0.1) is 0 Å². The Labute approximate surface area is 97.0 Å². The van der Waals surface area contributed by atoms with Crippen LogP contribution in [0.3, 0.4) is 0 Å². The van der Waals surface area contributed by atoms with Crippen molar-refractivity contribution < 1.29 is 0 Å². The second kappa shape index (κ2) is 4.13. The monoisotopic (exact) mass is 208 g/mol. The highest BCUT2D eigenvalue weighted by Gasteiger charge is 2.09. The molecule has 0 heterocycles. The van der Waals surface area contributed by atoms with Crippen LogP contribution in [0.25, 0.3) is 12.2 Å². The fourth-order valence-electron chi connectivity index (χ4n) is 2.53. The quantitative estimate of drug-likeness (QED) is 0.584. The third kappa shape index (κ3) is 1.76. The molecule has 2 aliphatic carbocycles. The van der Waals surface area contributed by atoms with Gasteiger partial charge in [-0.25, -0.2) is 0 Å². The van der Waals surface area contributed by atoms with Crippen LogP contribution in [0.5, 0.6) is 0 Å². The van der Waals surface area contributed by atoms with Gasteiger partial charge in [0.2, 0.25) is 0 Å². The number of benzene rings is 1. The molecule has 0 N–H and O–H groups in total. The highest BCUT2D eigenvalue weighted by Crippen LogP contribution is 2.29. The fraction of sp³-hybridized carbons (Fsp3) is 0.250. The van der Waals surface area contributed by atoms with Gasteiger partial charge in [-0.15, -0.1) is 0 Å². The predicted molar refractivity (Wildman–Crippen MR) is 70.0 cm³/mol. The molecule has 0 nitrogen and oxygen atoms in total. The summed E-state index contributed by atoms with van der Waals surface area (Å²) in [5, 5.41) is 0. The number of hydrogen-bond donors (Lipinski definition) is 0. The highest BCUT2D eigenvalue weighted by molar-refractivity contribution is 5.70. The summed E-state index contributed by atoms with van der Waals surface area (Å²) in [5.74, 6) is 0. The first-order valence-corrected chi connectivity index (χ1v) is 6.11. The van der Waals surface area contributed by atoms with Crippen molar-refractivity contribution in [3.8, 4) is 0 Å². The fourth-order valence-corrected chi connectivity index (χ4v) is 2.53. The maximum absolute atomic E-state index is 2.32. The van der Waals surface area contributed by atoms with Crippen LogP contribution in [0.1, 0.15) is 36.8 Å². The summed E-state index contributed by atoms with van der Waals surface area (Å²) in [6.07, 6.45) is 14.3. The zero-order valence-electron chi connectivity index (χ0n) is 9.45. The van der Waals surface area contributed by atoms with Crippen molar-refractivity contribution in [1.29, 1.82) is 0 Å². The smallest absolute Gasteiger partial charge is 0.0184 e. The van der Waals surface area contributed by atoms with Crippen molar-refractivity contribution in [2.24, 2.45) is 0 Å². The Bertz CT molecular complexity index is 442. The minimum absolute atomic E-state index is 1.25. The van der Waals surface area contributed by atoms with Crippen LogP contribution < -0.4 is 0 Å². The Hall–Kier alpha value is -1.56. The maximum atomic E-state index is 2.32. The molecule has 0 radical (unpaired) electrons. The molecule has 1 aromatic carbocycles. The Morgan fingerprint density at radius 1 is 0.625 bits per heavy atom. The second-order valence-electron chi connectivity index (χ2n) is 4.55. The van der Waals surface area contributed by atoms with Crippen LogP contribution in [0.4, 0.5) is 0 Å². The zero-order chi connectivity index (χ0) is 10.8. The van der Waals surface area contributed by atoms with E-state index in [0.717, 1.165) is 0 Å². The summed E-state index contributed by atoms with van der Waals surface area (Å²) in [6, 6.07) is 8.58. The van der Waals surface area contributed by atoms with Crippen LogP contribution in [0.15, 0.2) is 47.6 Å². The number of hydrogen-bond acceptors (Lipinski definition) is 0. The molecule has 0 saturated heterocycles. The first kappa shape index (κ1) is 9.65. The van der Waals surface area contributed by atoms with Crippen molar-refractivity contribution in [2.45, 2.75) is 25.7 Å². The standard InChI is InChI=1S/C16H16/c1-2-6-14-11-12-16-8-4-3-7-15(16)10-9-13(14)5-1/h1-2,5-6,9-12H,3-4,7-8H2. The summed E-state index contributed by atoms with van der Waals surface area (Å²) in [5.41, 5.74) is 5.74. The van der Waals surface area contributed by atoms with Crippen molar-refractivity contribution in [1.82, 2.24) is 0 Å². The Kier molecular flexibility index (Phi) is 2.49. The molecule has 0 saturated carbocycles. The number of rotatable bonds is 0. The Morgan fingerprint density at radius 3 is 1.62 bits per heavy atom. The average Bonchev–Trinajstić information content (AvgIpc) is 2.32. The molecule has 1 aromatic rings. The molecule has 0 spiro atoms. The van der Waals surface area contributed by atoms with Gasteiger partial charge in [0, 0.05) is 0 Å². The van der Waals surface area contributed by atoms with E-state index in [4.69, 9.17) is 0 Å². The van der Waals surface area contributed by atoms with Crippen LogP contribution in [-0.2, 0) is 0 Å². The number of allylic oxidation sites excluding steroid dienone is 4. The van der Waals surface area contributed by atoms with Gasteiger partial charge in [-0.3, -0.25) is 0 Å². The van der Waals surface area contributed by atoms with Crippen molar-refractivity contribution in [2.75, 3.05) is 0 Å². The van der Waals surface area contributed by atoms with Gasteiger partial charge in [-0.05, 0) is 48.0 Å². The molecule has 3 rings (SSSR count). The summed E-state index contributed by atoms with van der Waals surface area (Å²) in [6.45, 7) is 0. The normalized spacial score (nSPS) is 18.8. The summed E-state index contributed by atoms with van der Waals surface area (Å²) in [7, 11) is 0. The second-order valence-corrected chi connectivity index (χ2v) is 4.55. The molecule has 0 amide bonds. The lowest BCUT2D eigenvalue weighted by Crippen LogP contribution is -1.97. The summed E-state index contributed by atoms with van der Waals surface area (Å²) in [4.78, 5) is 0. The molecular formula is C16H16. The molecule has 80 valence electrons. The summed E-state index contributed by atoms with van der Waals surface area (Å²) < 4.78 is 0. The van der Waals surface area contributed by atoms with E-state index in [9.17, 15) is 0 Å². The molecule has 2 aliphatic rings. The third-order valence-corrected chi connectivity index (χ3v) is 3.48. The van der Waals surface area contributed by atoms with E-state index in [2.05, 4.69) is 48.6 Å². The van der Waals surface area contributed by atoms with Gasteiger partial charge in [-0.1, -0.05) is 48.6 Å². The Morgan fingerprint density at radius 2 is 1.12 bits per heavy atom. The van der Waals surface area contributed by atoms with Gasteiger partial charge in [0.25, 0.3) is 0 Å². The van der Waals surface area contributed by atoms with E-state index >= 15 is 0 Å². The zero-order valence-corrected chi connectivity index (χ0v) is 9.45. The van der Waals surface area contributed by atoms with E-state index in [1.165, 1.54) is 48.0 Å². The topological polar surface area (TPSA) is 0 Å². The summed E-state index contributed by atoms with van der Waals surface area (Å²) >= 11 is 0. The molecule has 0 atom stereocenters. The van der Waals surface area contributed by atoms with Gasteiger partial charge < -0.3 is 0 Å². The van der Waals surface area contributed by atoms with Gasteiger partial charge in [0.1, 0.15) is 0 Å². The maximum Gasteiger partial charge on any atom is -0.0184 e. The van der Waals surface area contributed by atoms with Crippen LogP contribution in [0, 0.1) is 0 Å². The van der Waals surface area contributed by atoms with E-state index in [0.29, 0.717) is 0 Å². The number of fused-ring (bicyclic) bond motifs is 1. The highest BCUT2D eigenvalue weighted by atomic mass is 14.1. The van der Waals surface area contributed by atoms with Crippen molar-refractivity contribution in [3.05, 3.63) is 58.7 Å². The average molecular weight is 208 g/mol. The molecular weight excluding hydrogens is 192 g/mol. The molecule has 0 fully saturated rings. The Balaban J connectivity index is 2.07. The molecule has 0 bridgehead atoms. The van der Waals surface area contributed by atoms with E-state index in [-0.39, 0.29) is 0 Å². The SMILES string of the molecule is C1=Cc2ccccc2C=CC2=C1CCCC2. The van der Waals surface area contributed by atoms with Gasteiger partial charge >= 0.3 is 0 Å². The minimum atomic E-state index is 1.25.